The molecule has 0 aliphatic rings. The first-order valence-electron chi connectivity index (χ1n) is 6.48. The Hall–Kier alpha value is -2.18. The van der Waals surface area contributed by atoms with Crippen LogP contribution in [-0.2, 0) is 0 Å². The van der Waals surface area contributed by atoms with Crippen LogP contribution in [0.3, 0.4) is 0 Å². The molecule has 0 bridgehead atoms. The van der Waals surface area contributed by atoms with Gasteiger partial charge < -0.3 is 5.73 Å². The smallest absolute Gasteiger partial charge is 0.268 e. The van der Waals surface area contributed by atoms with E-state index in [1.807, 2.05) is 6.92 Å². The summed E-state index contributed by atoms with van der Waals surface area (Å²) in [5.74, 6) is 0.903. The Balaban J connectivity index is 2.46. The fourth-order valence-electron chi connectivity index (χ4n) is 2.25. The summed E-state index contributed by atoms with van der Waals surface area (Å²) in [7, 11) is 0. The molecular formula is C14H14ClN5O. The molecule has 21 heavy (non-hydrogen) atoms. The third-order valence-corrected chi connectivity index (χ3v) is 3.52. The Bertz CT molecular complexity index is 881. The van der Waals surface area contributed by atoms with Gasteiger partial charge in [0.05, 0.1) is 22.0 Å². The average Bonchev–Trinajstić information content (AvgIpc) is 2.84. The Labute approximate surface area is 125 Å². The molecule has 1 atom stereocenters. The normalized spacial score (nSPS) is 12.8. The first-order valence-corrected chi connectivity index (χ1v) is 6.86. The molecule has 0 unspecified atom stereocenters. The predicted molar refractivity (Wildman–Crippen MR) is 81.8 cm³/mol. The highest BCUT2D eigenvalue weighted by atomic mass is 35.5. The number of hydrogen-bond acceptors (Lipinski definition) is 4. The van der Waals surface area contributed by atoms with Gasteiger partial charge in [-0.15, -0.1) is 0 Å². The number of H-pyrrole nitrogens is 1. The number of aryl methyl sites for hydroxylation is 1. The average molecular weight is 304 g/mol. The second kappa shape index (κ2) is 4.98. The third-order valence-electron chi connectivity index (χ3n) is 3.20. The molecule has 1 aromatic carbocycles. The number of nitrogens with zero attached hydrogens (tertiary/aromatic N) is 3. The molecule has 0 spiro atoms. The highest BCUT2D eigenvalue weighted by Gasteiger charge is 2.18. The first-order chi connectivity index (χ1) is 9.99. The quantitative estimate of drug-likeness (QED) is 0.758. The van der Waals surface area contributed by atoms with E-state index in [-0.39, 0.29) is 5.56 Å². The molecular weight excluding hydrogens is 290 g/mol. The summed E-state index contributed by atoms with van der Waals surface area (Å²) in [4.78, 5) is 17.3. The number of halogens is 1. The van der Waals surface area contributed by atoms with Gasteiger partial charge >= 0.3 is 0 Å². The minimum Gasteiger partial charge on any atom is -0.322 e. The van der Waals surface area contributed by atoms with Crippen molar-refractivity contribution in [3.8, 4) is 5.82 Å². The standard InChI is InChI=1S/C14H14ClN5O/c1-7-6-11(19-18-7)20-13(8(2)16)17-10-5-3-4-9(15)12(10)14(20)21/h3-6,8H,16H2,1-2H3,(H,18,19)/t8-/m0/s1. The molecule has 0 amide bonds. The van der Waals surface area contributed by atoms with E-state index >= 15 is 0 Å². The molecule has 6 nitrogen and oxygen atoms in total. The number of nitrogens with one attached hydrogen (secondary N) is 1. The number of hydrogen-bond donors (Lipinski definition) is 2. The summed E-state index contributed by atoms with van der Waals surface area (Å²) >= 11 is 6.15. The maximum Gasteiger partial charge on any atom is 0.268 e. The van der Waals surface area contributed by atoms with Gasteiger partial charge in [0.1, 0.15) is 5.82 Å². The predicted octanol–water partition coefficient (Wildman–Crippen LogP) is 2.09. The number of rotatable bonds is 2. The van der Waals surface area contributed by atoms with Gasteiger partial charge in [0.25, 0.3) is 5.56 Å². The van der Waals surface area contributed by atoms with E-state index in [4.69, 9.17) is 17.3 Å². The molecule has 3 aromatic rings. The molecule has 3 N–H and O–H groups in total. The first kappa shape index (κ1) is 13.8. The second-order valence-corrected chi connectivity index (χ2v) is 5.35. The fourth-order valence-corrected chi connectivity index (χ4v) is 2.50. The van der Waals surface area contributed by atoms with Gasteiger partial charge in [-0.05, 0) is 26.0 Å². The van der Waals surface area contributed by atoms with Gasteiger partial charge in [-0.25, -0.2) is 9.55 Å². The molecule has 0 fully saturated rings. The summed E-state index contributed by atoms with van der Waals surface area (Å²) in [6.07, 6.45) is 0. The van der Waals surface area contributed by atoms with Crippen molar-refractivity contribution in [2.24, 2.45) is 5.73 Å². The number of nitrogens with two attached hydrogens (primary N) is 1. The molecule has 0 radical (unpaired) electrons. The van der Waals surface area contributed by atoms with Crippen LogP contribution in [0.15, 0.2) is 29.1 Å². The molecule has 2 aromatic heterocycles. The lowest BCUT2D eigenvalue weighted by atomic mass is 10.2. The van der Waals surface area contributed by atoms with Crippen molar-refractivity contribution in [2.45, 2.75) is 19.9 Å². The molecule has 0 saturated heterocycles. The number of aromatic amines is 1. The monoisotopic (exact) mass is 303 g/mol. The second-order valence-electron chi connectivity index (χ2n) is 4.94. The number of aromatic nitrogens is 4. The van der Waals surface area contributed by atoms with Gasteiger partial charge in [-0.1, -0.05) is 17.7 Å². The zero-order chi connectivity index (χ0) is 15.1. The summed E-state index contributed by atoms with van der Waals surface area (Å²) in [5.41, 5.74) is 7.06. The third kappa shape index (κ3) is 2.22. The van der Waals surface area contributed by atoms with E-state index in [1.54, 1.807) is 31.2 Å². The van der Waals surface area contributed by atoms with Crippen LogP contribution in [0.25, 0.3) is 16.7 Å². The van der Waals surface area contributed by atoms with Crippen molar-refractivity contribution < 1.29 is 0 Å². The Morgan fingerprint density at radius 3 is 2.81 bits per heavy atom. The van der Waals surface area contributed by atoms with E-state index in [0.29, 0.717) is 27.6 Å². The lowest BCUT2D eigenvalue weighted by molar-refractivity contribution is 0.688. The Kier molecular flexibility index (Phi) is 3.27. The maximum atomic E-state index is 12.8. The van der Waals surface area contributed by atoms with E-state index in [0.717, 1.165) is 5.69 Å². The van der Waals surface area contributed by atoms with Crippen molar-refractivity contribution in [1.82, 2.24) is 19.7 Å². The van der Waals surface area contributed by atoms with Crippen molar-refractivity contribution >= 4 is 22.5 Å². The molecule has 0 aliphatic carbocycles. The van der Waals surface area contributed by atoms with Gasteiger partial charge in [0.15, 0.2) is 5.82 Å². The highest BCUT2D eigenvalue weighted by Crippen LogP contribution is 2.21. The van der Waals surface area contributed by atoms with Crippen LogP contribution in [0.2, 0.25) is 5.02 Å². The van der Waals surface area contributed by atoms with Gasteiger partial charge in [0, 0.05) is 11.8 Å². The minimum absolute atomic E-state index is 0.274. The van der Waals surface area contributed by atoms with E-state index < -0.39 is 6.04 Å². The Morgan fingerprint density at radius 2 is 2.19 bits per heavy atom. The number of benzene rings is 1. The minimum atomic E-state index is -0.418. The van der Waals surface area contributed by atoms with Crippen molar-refractivity contribution in [3.05, 3.63) is 51.2 Å². The zero-order valence-corrected chi connectivity index (χ0v) is 12.3. The summed E-state index contributed by atoms with van der Waals surface area (Å²) in [6, 6.07) is 6.51. The van der Waals surface area contributed by atoms with Crippen molar-refractivity contribution in [2.75, 3.05) is 0 Å². The fraction of sp³-hybridized carbons (Fsp3) is 0.214. The largest absolute Gasteiger partial charge is 0.322 e. The van der Waals surface area contributed by atoms with Crippen LogP contribution in [0.1, 0.15) is 24.5 Å². The van der Waals surface area contributed by atoms with Gasteiger partial charge in [-0.3, -0.25) is 9.89 Å². The van der Waals surface area contributed by atoms with Gasteiger partial charge in [-0.2, -0.15) is 5.10 Å². The number of fused-ring (bicyclic) bond motifs is 1. The van der Waals surface area contributed by atoms with Crippen LogP contribution in [-0.4, -0.2) is 19.7 Å². The highest BCUT2D eigenvalue weighted by molar-refractivity contribution is 6.35. The summed E-state index contributed by atoms with van der Waals surface area (Å²) < 4.78 is 1.41. The topological polar surface area (TPSA) is 89.6 Å². The van der Waals surface area contributed by atoms with E-state index in [1.165, 1.54) is 4.57 Å². The Morgan fingerprint density at radius 1 is 1.43 bits per heavy atom. The maximum absolute atomic E-state index is 12.8. The molecule has 3 rings (SSSR count). The summed E-state index contributed by atoms with van der Waals surface area (Å²) in [6.45, 7) is 3.63. The molecule has 108 valence electrons. The molecule has 7 heteroatoms. The molecule has 2 heterocycles. The molecule has 0 saturated carbocycles. The van der Waals surface area contributed by atoms with Crippen LogP contribution >= 0.6 is 11.6 Å². The van der Waals surface area contributed by atoms with Crippen LogP contribution in [0.5, 0.6) is 0 Å². The van der Waals surface area contributed by atoms with Crippen molar-refractivity contribution in [3.63, 3.8) is 0 Å². The van der Waals surface area contributed by atoms with Crippen LogP contribution in [0.4, 0.5) is 0 Å². The van der Waals surface area contributed by atoms with Crippen molar-refractivity contribution in [1.29, 1.82) is 0 Å². The summed E-state index contributed by atoms with van der Waals surface area (Å²) in [5, 5.41) is 7.67. The lowest BCUT2D eigenvalue weighted by Crippen LogP contribution is -2.28. The lowest BCUT2D eigenvalue weighted by Gasteiger charge is -2.14. The van der Waals surface area contributed by atoms with E-state index in [2.05, 4.69) is 15.2 Å². The molecule has 0 aliphatic heterocycles. The van der Waals surface area contributed by atoms with Gasteiger partial charge in [0.2, 0.25) is 0 Å². The van der Waals surface area contributed by atoms with E-state index in [9.17, 15) is 4.79 Å². The van der Waals surface area contributed by atoms with Crippen LogP contribution in [0, 0.1) is 6.92 Å². The zero-order valence-electron chi connectivity index (χ0n) is 11.6. The van der Waals surface area contributed by atoms with Crippen LogP contribution < -0.4 is 11.3 Å². The SMILES string of the molecule is Cc1cc(-n2c([C@H](C)N)nc3cccc(Cl)c3c2=O)n[nH]1.